The van der Waals surface area contributed by atoms with Crippen LogP contribution in [0.15, 0.2) is 0 Å². The first kappa shape index (κ1) is 12.9. The standard InChI is InChI=1S/C16H30N2/c1-11(2)13-8-14(9-13)17-10-12-6-15-4-5-16(7-12)18(15)3/h11-17H,4-10H2,1-3H3. The maximum Gasteiger partial charge on any atom is 0.00988 e. The third kappa shape index (κ3) is 2.46. The number of fused-ring (bicyclic) bond motifs is 2. The highest BCUT2D eigenvalue weighted by molar-refractivity contribution is 4.95. The van der Waals surface area contributed by atoms with E-state index in [1.165, 1.54) is 45.1 Å². The lowest BCUT2D eigenvalue weighted by molar-refractivity contribution is 0.117. The molecule has 0 radical (unpaired) electrons. The van der Waals surface area contributed by atoms with Gasteiger partial charge in [0.1, 0.15) is 0 Å². The van der Waals surface area contributed by atoms with Gasteiger partial charge in [-0.15, -0.1) is 0 Å². The van der Waals surface area contributed by atoms with E-state index in [1.54, 1.807) is 0 Å². The molecule has 3 aliphatic rings. The minimum absolute atomic E-state index is 0.842. The van der Waals surface area contributed by atoms with Gasteiger partial charge < -0.3 is 10.2 Å². The summed E-state index contributed by atoms with van der Waals surface area (Å²) in [6, 6.07) is 2.65. The second-order valence-corrected chi connectivity index (χ2v) is 7.47. The van der Waals surface area contributed by atoms with Gasteiger partial charge in [0.15, 0.2) is 0 Å². The molecule has 0 amide bonds. The lowest BCUT2D eigenvalue weighted by Crippen LogP contribution is -2.47. The maximum atomic E-state index is 3.84. The fraction of sp³-hybridized carbons (Fsp3) is 1.00. The third-order valence-electron chi connectivity index (χ3n) is 6.01. The Balaban J connectivity index is 1.38. The topological polar surface area (TPSA) is 15.3 Å². The van der Waals surface area contributed by atoms with Crippen LogP contribution < -0.4 is 5.32 Å². The van der Waals surface area contributed by atoms with Crippen LogP contribution in [0.3, 0.4) is 0 Å². The molecule has 2 atom stereocenters. The van der Waals surface area contributed by atoms with E-state index >= 15 is 0 Å². The first-order chi connectivity index (χ1) is 8.63. The van der Waals surface area contributed by atoms with Crippen molar-refractivity contribution in [2.45, 2.75) is 70.5 Å². The van der Waals surface area contributed by atoms with Crippen LogP contribution in [0.25, 0.3) is 0 Å². The van der Waals surface area contributed by atoms with Crippen LogP contribution in [0.1, 0.15) is 52.4 Å². The molecule has 0 aromatic carbocycles. The first-order valence-corrected chi connectivity index (χ1v) is 8.08. The second kappa shape index (κ2) is 5.13. The average Bonchev–Trinajstić information content (AvgIpc) is 2.50. The molecule has 0 aromatic rings. The van der Waals surface area contributed by atoms with Gasteiger partial charge in [-0.05, 0) is 69.9 Å². The van der Waals surface area contributed by atoms with E-state index in [-0.39, 0.29) is 0 Å². The molecular formula is C16H30N2. The van der Waals surface area contributed by atoms with Crippen LogP contribution in [0, 0.1) is 17.8 Å². The molecule has 1 aliphatic carbocycles. The highest BCUT2D eigenvalue weighted by atomic mass is 15.2. The SMILES string of the molecule is CC(C)C1CC(NCC2CC3CCC(C2)N3C)C1. The Morgan fingerprint density at radius 1 is 1.06 bits per heavy atom. The predicted molar refractivity (Wildman–Crippen MR) is 76.6 cm³/mol. The number of hydrogen-bond acceptors (Lipinski definition) is 2. The Morgan fingerprint density at radius 3 is 2.22 bits per heavy atom. The van der Waals surface area contributed by atoms with Crippen LogP contribution in [-0.4, -0.2) is 36.6 Å². The van der Waals surface area contributed by atoms with Crippen molar-refractivity contribution in [2.75, 3.05) is 13.6 Å². The van der Waals surface area contributed by atoms with Crippen molar-refractivity contribution < 1.29 is 0 Å². The Labute approximate surface area is 113 Å². The van der Waals surface area contributed by atoms with Gasteiger partial charge in [-0.25, -0.2) is 0 Å². The van der Waals surface area contributed by atoms with Crippen LogP contribution in [0.4, 0.5) is 0 Å². The number of hydrogen-bond donors (Lipinski definition) is 1. The van der Waals surface area contributed by atoms with Crippen LogP contribution in [0.2, 0.25) is 0 Å². The van der Waals surface area contributed by atoms with Crippen molar-refractivity contribution in [3.05, 3.63) is 0 Å². The van der Waals surface area contributed by atoms with E-state index in [1.807, 2.05) is 0 Å². The van der Waals surface area contributed by atoms with Crippen LogP contribution >= 0.6 is 0 Å². The summed E-state index contributed by atoms with van der Waals surface area (Å²) in [4.78, 5) is 2.65. The van der Waals surface area contributed by atoms with Gasteiger partial charge in [0, 0.05) is 18.1 Å². The normalized spacial score (nSPS) is 44.3. The molecule has 0 aromatic heterocycles. The van der Waals surface area contributed by atoms with E-state index in [4.69, 9.17) is 0 Å². The van der Waals surface area contributed by atoms with E-state index in [0.717, 1.165) is 35.9 Å². The van der Waals surface area contributed by atoms with E-state index in [0.29, 0.717) is 0 Å². The molecule has 2 nitrogen and oxygen atoms in total. The highest BCUT2D eigenvalue weighted by Gasteiger charge is 2.39. The summed E-state index contributed by atoms with van der Waals surface area (Å²) >= 11 is 0. The molecule has 18 heavy (non-hydrogen) atoms. The number of nitrogens with one attached hydrogen (secondary N) is 1. The van der Waals surface area contributed by atoms with Gasteiger partial charge in [-0.2, -0.15) is 0 Å². The minimum atomic E-state index is 0.842. The van der Waals surface area contributed by atoms with E-state index < -0.39 is 0 Å². The fourth-order valence-electron chi connectivity index (χ4n) is 4.40. The largest absolute Gasteiger partial charge is 0.314 e. The lowest BCUT2D eigenvalue weighted by atomic mass is 9.73. The lowest BCUT2D eigenvalue weighted by Gasteiger charge is -2.41. The summed E-state index contributed by atoms with van der Waals surface area (Å²) in [5.74, 6) is 2.84. The second-order valence-electron chi connectivity index (χ2n) is 7.47. The van der Waals surface area contributed by atoms with Crippen LogP contribution in [-0.2, 0) is 0 Å². The zero-order chi connectivity index (χ0) is 12.7. The summed E-state index contributed by atoms with van der Waals surface area (Å²) in [6.07, 6.45) is 8.65. The molecule has 0 spiro atoms. The zero-order valence-corrected chi connectivity index (χ0v) is 12.4. The first-order valence-electron chi connectivity index (χ1n) is 8.08. The summed E-state index contributed by atoms with van der Waals surface area (Å²) in [5.41, 5.74) is 0. The van der Waals surface area contributed by atoms with Gasteiger partial charge in [-0.1, -0.05) is 13.8 Å². The fourth-order valence-corrected chi connectivity index (χ4v) is 4.40. The molecule has 2 bridgehead atoms. The molecule has 3 rings (SSSR count). The Morgan fingerprint density at radius 2 is 1.67 bits per heavy atom. The quantitative estimate of drug-likeness (QED) is 0.825. The molecule has 2 heterocycles. The van der Waals surface area contributed by atoms with Crippen molar-refractivity contribution in [3.63, 3.8) is 0 Å². The van der Waals surface area contributed by atoms with Crippen LogP contribution in [0.5, 0.6) is 0 Å². The van der Waals surface area contributed by atoms with E-state index in [2.05, 4.69) is 31.1 Å². The highest BCUT2D eigenvalue weighted by Crippen LogP contribution is 2.38. The predicted octanol–water partition coefficient (Wildman–Crippen LogP) is 2.88. The Kier molecular flexibility index (Phi) is 3.68. The van der Waals surface area contributed by atoms with Crippen molar-refractivity contribution >= 4 is 0 Å². The molecule has 2 unspecified atom stereocenters. The van der Waals surface area contributed by atoms with Gasteiger partial charge >= 0.3 is 0 Å². The zero-order valence-electron chi connectivity index (χ0n) is 12.4. The van der Waals surface area contributed by atoms with Crippen molar-refractivity contribution in [1.82, 2.24) is 10.2 Å². The maximum absolute atomic E-state index is 3.84. The molecule has 1 N–H and O–H groups in total. The average molecular weight is 250 g/mol. The number of rotatable bonds is 4. The Hall–Kier alpha value is -0.0800. The summed E-state index contributed by atoms with van der Waals surface area (Å²) < 4.78 is 0. The van der Waals surface area contributed by atoms with Gasteiger partial charge in [0.05, 0.1) is 0 Å². The molecule has 2 saturated heterocycles. The van der Waals surface area contributed by atoms with Gasteiger partial charge in [0.2, 0.25) is 0 Å². The smallest absolute Gasteiger partial charge is 0.00988 e. The van der Waals surface area contributed by atoms with Gasteiger partial charge in [-0.3, -0.25) is 0 Å². The Bertz CT molecular complexity index is 269. The summed E-state index contributed by atoms with van der Waals surface area (Å²) in [7, 11) is 2.34. The number of nitrogens with zero attached hydrogens (tertiary/aromatic N) is 1. The monoisotopic (exact) mass is 250 g/mol. The van der Waals surface area contributed by atoms with Gasteiger partial charge in [0.25, 0.3) is 0 Å². The van der Waals surface area contributed by atoms with E-state index in [9.17, 15) is 0 Å². The molecule has 1 saturated carbocycles. The molecule has 104 valence electrons. The summed E-state index contributed by atoms with van der Waals surface area (Å²) in [5, 5.41) is 3.84. The van der Waals surface area contributed by atoms with Crippen molar-refractivity contribution in [2.24, 2.45) is 17.8 Å². The number of piperidine rings is 1. The molecule has 2 aliphatic heterocycles. The van der Waals surface area contributed by atoms with Crippen molar-refractivity contribution in [3.8, 4) is 0 Å². The molecule has 3 fully saturated rings. The van der Waals surface area contributed by atoms with Crippen molar-refractivity contribution in [1.29, 1.82) is 0 Å². The summed E-state index contributed by atoms with van der Waals surface area (Å²) in [6.45, 7) is 6.03. The molecule has 2 heteroatoms. The third-order valence-corrected chi connectivity index (χ3v) is 6.01. The molecular weight excluding hydrogens is 220 g/mol. The minimum Gasteiger partial charge on any atom is -0.314 e.